The van der Waals surface area contributed by atoms with Crippen LogP contribution in [0.4, 0.5) is 0 Å². The average molecular weight is 261 g/mol. The Labute approximate surface area is 97.2 Å². The van der Waals surface area contributed by atoms with Crippen LogP contribution in [0.25, 0.3) is 0 Å². The van der Waals surface area contributed by atoms with Crippen molar-refractivity contribution in [3.63, 3.8) is 0 Å². The number of thiophene rings is 1. The number of hydrogen-bond donors (Lipinski definition) is 2. The summed E-state index contributed by atoms with van der Waals surface area (Å²) in [7, 11) is -3.54. The summed E-state index contributed by atoms with van der Waals surface area (Å²) in [4.78, 5) is 10.7. The van der Waals surface area contributed by atoms with Crippen LogP contribution in [0, 0.1) is 5.92 Å². The molecule has 1 heterocycles. The molecule has 1 aromatic heterocycles. The molecule has 1 saturated carbocycles. The topological polar surface area (TPSA) is 83.5 Å². The largest absolute Gasteiger partial charge is 0.477 e. The van der Waals surface area contributed by atoms with Gasteiger partial charge in [-0.1, -0.05) is 6.92 Å². The molecule has 0 radical (unpaired) electrons. The molecule has 0 spiro atoms. The highest BCUT2D eigenvalue weighted by Crippen LogP contribution is 2.31. The molecule has 1 fully saturated rings. The minimum Gasteiger partial charge on any atom is -0.477 e. The molecule has 0 aliphatic heterocycles. The molecule has 0 saturated heterocycles. The molecule has 2 rings (SSSR count). The van der Waals surface area contributed by atoms with Crippen molar-refractivity contribution in [3.05, 3.63) is 17.0 Å². The van der Waals surface area contributed by atoms with E-state index < -0.39 is 16.0 Å². The summed E-state index contributed by atoms with van der Waals surface area (Å²) in [5, 5.41) is 8.70. The van der Waals surface area contributed by atoms with Crippen LogP contribution in [-0.4, -0.2) is 25.5 Å². The van der Waals surface area contributed by atoms with Gasteiger partial charge >= 0.3 is 5.97 Å². The number of rotatable bonds is 4. The minimum atomic E-state index is -3.54. The quantitative estimate of drug-likeness (QED) is 0.851. The van der Waals surface area contributed by atoms with Crippen LogP contribution in [0.15, 0.2) is 16.3 Å². The Kier molecular flexibility index (Phi) is 2.77. The molecule has 0 aromatic carbocycles. The number of carbonyl (C=O) groups is 1. The zero-order valence-corrected chi connectivity index (χ0v) is 10.1. The van der Waals surface area contributed by atoms with E-state index in [1.807, 2.05) is 6.92 Å². The van der Waals surface area contributed by atoms with Gasteiger partial charge in [-0.3, -0.25) is 0 Å². The highest BCUT2D eigenvalue weighted by Gasteiger charge is 2.36. The van der Waals surface area contributed by atoms with Gasteiger partial charge in [-0.05, 0) is 24.5 Å². The maximum absolute atomic E-state index is 11.8. The van der Waals surface area contributed by atoms with E-state index in [0.29, 0.717) is 5.92 Å². The molecule has 16 heavy (non-hydrogen) atoms. The van der Waals surface area contributed by atoms with Crippen molar-refractivity contribution in [1.29, 1.82) is 0 Å². The molecule has 0 bridgehead atoms. The maximum atomic E-state index is 11.8. The van der Waals surface area contributed by atoms with Gasteiger partial charge in [0.2, 0.25) is 10.0 Å². The van der Waals surface area contributed by atoms with Crippen molar-refractivity contribution in [2.24, 2.45) is 5.92 Å². The number of carboxylic acids is 1. The maximum Gasteiger partial charge on any atom is 0.345 e. The first-order chi connectivity index (χ1) is 7.40. The van der Waals surface area contributed by atoms with E-state index in [4.69, 9.17) is 5.11 Å². The van der Waals surface area contributed by atoms with Crippen molar-refractivity contribution < 1.29 is 18.3 Å². The molecule has 1 aliphatic rings. The lowest BCUT2D eigenvalue weighted by Gasteiger charge is -2.01. The summed E-state index contributed by atoms with van der Waals surface area (Å²) >= 11 is 0.769. The van der Waals surface area contributed by atoms with Crippen LogP contribution in [0.3, 0.4) is 0 Å². The minimum absolute atomic E-state index is 0.000350. The molecule has 0 amide bonds. The first-order valence-electron chi connectivity index (χ1n) is 4.75. The Bertz CT molecular complexity index is 519. The van der Waals surface area contributed by atoms with Crippen LogP contribution in [0.5, 0.6) is 0 Å². The summed E-state index contributed by atoms with van der Waals surface area (Å²) < 4.78 is 26.1. The van der Waals surface area contributed by atoms with Crippen molar-refractivity contribution in [2.45, 2.75) is 23.6 Å². The number of nitrogens with one attached hydrogen (secondary N) is 1. The predicted octanol–water partition coefficient (Wildman–Crippen LogP) is 1.13. The van der Waals surface area contributed by atoms with Crippen molar-refractivity contribution in [2.75, 3.05) is 0 Å². The third kappa shape index (κ3) is 2.26. The molecule has 2 unspecified atom stereocenters. The van der Waals surface area contributed by atoms with Crippen LogP contribution < -0.4 is 4.72 Å². The SMILES string of the molecule is CC1CC1NS(=O)(=O)c1ccc(C(=O)O)s1. The monoisotopic (exact) mass is 261 g/mol. The first-order valence-corrected chi connectivity index (χ1v) is 7.05. The Morgan fingerprint density at radius 2 is 2.19 bits per heavy atom. The third-order valence-corrected chi connectivity index (χ3v) is 5.53. The van der Waals surface area contributed by atoms with Gasteiger partial charge in [0.25, 0.3) is 0 Å². The van der Waals surface area contributed by atoms with Crippen LogP contribution in [-0.2, 0) is 10.0 Å². The molecule has 88 valence electrons. The Hall–Kier alpha value is -0.920. The van der Waals surface area contributed by atoms with Crippen LogP contribution >= 0.6 is 11.3 Å². The van der Waals surface area contributed by atoms with Crippen molar-refractivity contribution in [1.82, 2.24) is 4.72 Å². The van der Waals surface area contributed by atoms with E-state index >= 15 is 0 Å². The zero-order chi connectivity index (χ0) is 11.9. The van der Waals surface area contributed by atoms with E-state index in [1.54, 1.807) is 0 Å². The lowest BCUT2D eigenvalue weighted by atomic mass is 10.5. The second-order valence-corrected chi connectivity index (χ2v) is 6.89. The van der Waals surface area contributed by atoms with E-state index in [1.165, 1.54) is 12.1 Å². The zero-order valence-electron chi connectivity index (χ0n) is 8.50. The summed E-state index contributed by atoms with van der Waals surface area (Å²) in [5.41, 5.74) is 0. The van der Waals surface area contributed by atoms with E-state index in [9.17, 15) is 13.2 Å². The van der Waals surface area contributed by atoms with Gasteiger partial charge in [0.1, 0.15) is 9.09 Å². The lowest BCUT2D eigenvalue weighted by molar-refractivity contribution is 0.0702. The Balaban J connectivity index is 2.18. The summed E-state index contributed by atoms with van der Waals surface area (Å²) in [6.07, 6.45) is 0.844. The summed E-state index contributed by atoms with van der Waals surface area (Å²) in [6, 6.07) is 2.63. The normalized spacial score (nSPS) is 24.3. The van der Waals surface area contributed by atoms with Gasteiger partial charge in [0, 0.05) is 6.04 Å². The van der Waals surface area contributed by atoms with E-state index in [0.717, 1.165) is 17.8 Å². The van der Waals surface area contributed by atoms with Gasteiger partial charge in [-0.2, -0.15) is 0 Å². The lowest BCUT2D eigenvalue weighted by Crippen LogP contribution is -2.26. The molecule has 2 atom stereocenters. The van der Waals surface area contributed by atoms with E-state index in [2.05, 4.69) is 4.72 Å². The van der Waals surface area contributed by atoms with Crippen LogP contribution in [0.1, 0.15) is 23.0 Å². The predicted molar refractivity (Wildman–Crippen MR) is 59.2 cm³/mol. The molecular weight excluding hydrogens is 250 g/mol. The fraction of sp³-hybridized carbons (Fsp3) is 0.444. The molecular formula is C9H11NO4S2. The number of hydrogen-bond acceptors (Lipinski definition) is 4. The van der Waals surface area contributed by atoms with Gasteiger partial charge in [-0.15, -0.1) is 11.3 Å². The first kappa shape index (κ1) is 11.6. The second-order valence-electron chi connectivity index (χ2n) is 3.86. The van der Waals surface area contributed by atoms with Gasteiger partial charge < -0.3 is 5.11 Å². The molecule has 5 nitrogen and oxygen atoms in total. The van der Waals surface area contributed by atoms with Crippen LogP contribution in [0.2, 0.25) is 0 Å². The molecule has 2 N–H and O–H groups in total. The number of aromatic carboxylic acids is 1. The molecule has 7 heteroatoms. The van der Waals surface area contributed by atoms with Gasteiger partial charge in [0.05, 0.1) is 0 Å². The summed E-state index contributed by atoms with van der Waals surface area (Å²) in [5.74, 6) is -0.736. The van der Waals surface area contributed by atoms with Crippen molar-refractivity contribution >= 4 is 27.3 Å². The second kappa shape index (κ2) is 3.83. The molecule has 1 aliphatic carbocycles. The molecule has 1 aromatic rings. The fourth-order valence-corrected chi connectivity index (χ4v) is 3.84. The fourth-order valence-electron chi connectivity index (χ4n) is 1.32. The standard InChI is InChI=1S/C9H11NO4S2/c1-5-4-6(5)10-16(13,14)8-3-2-7(15-8)9(11)12/h2-3,5-6,10H,4H2,1H3,(H,11,12). The highest BCUT2D eigenvalue weighted by atomic mass is 32.2. The number of sulfonamides is 1. The smallest absolute Gasteiger partial charge is 0.345 e. The van der Waals surface area contributed by atoms with Gasteiger partial charge in [-0.25, -0.2) is 17.9 Å². The van der Waals surface area contributed by atoms with Crippen molar-refractivity contribution in [3.8, 4) is 0 Å². The Morgan fingerprint density at radius 1 is 1.56 bits per heavy atom. The van der Waals surface area contributed by atoms with E-state index in [-0.39, 0.29) is 15.1 Å². The third-order valence-electron chi connectivity index (χ3n) is 2.47. The summed E-state index contributed by atoms with van der Waals surface area (Å²) in [6.45, 7) is 1.96. The highest BCUT2D eigenvalue weighted by molar-refractivity contribution is 7.91. The van der Waals surface area contributed by atoms with Gasteiger partial charge in [0.15, 0.2) is 0 Å². The number of carboxylic acid groups (broad SMARTS) is 1. The average Bonchev–Trinajstić information content (AvgIpc) is 2.71. The Morgan fingerprint density at radius 3 is 2.62 bits per heavy atom.